The van der Waals surface area contributed by atoms with E-state index in [1.807, 2.05) is 0 Å². The Kier molecular flexibility index (Phi) is 2.67. The number of nitrogen functional groups attached to an aromatic ring is 1. The van der Waals surface area contributed by atoms with Crippen molar-refractivity contribution < 1.29 is 13.9 Å². The molecule has 0 amide bonds. The Morgan fingerprint density at radius 1 is 1.77 bits per heavy atom. The highest BCUT2D eigenvalue weighted by molar-refractivity contribution is 6.30. The van der Waals surface area contributed by atoms with Crippen molar-refractivity contribution in [3.8, 4) is 0 Å². The summed E-state index contributed by atoms with van der Waals surface area (Å²) in [7, 11) is 1.16. The Labute approximate surface area is 78.5 Å². The van der Waals surface area contributed by atoms with Gasteiger partial charge < -0.3 is 10.5 Å². The minimum absolute atomic E-state index is 0.135. The molecule has 6 heteroatoms. The molecule has 0 aromatic carbocycles. The average molecular weight is 205 g/mol. The van der Waals surface area contributed by atoms with Crippen molar-refractivity contribution >= 4 is 23.3 Å². The van der Waals surface area contributed by atoms with Crippen molar-refractivity contribution in [2.24, 2.45) is 0 Å². The minimum Gasteiger partial charge on any atom is -0.465 e. The summed E-state index contributed by atoms with van der Waals surface area (Å²) in [5.74, 6) is -1.66. The first-order valence-electron chi connectivity index (χ1n) is 3.25. The maximum atomic E-state index is 13.0. The largest absolute Gasteiger partial charge is 0.465 e. The maximum Gasteiger partial charge on any atom is 0.341 e. The predicted octanol–water partition coefficient (Wildman–Crippen LogP) is 1.24. The number of halogens is 2. The van der Waals surface area contributed by atoms with Gasteiger partial charge in [0.1, 0.15) is 5.56 Å². The average Bonchev–Trinajstić information content (AvgIpc) is 2.13. The van der Waals surface area contributed by atoms with Crippen LogP contribution in [0.4, 0.5) is 10.1 Å². The third-order valence-corrected chi connectivity index (χ3v) is 1.68. The Hall–Kier alpha value is -1.36. The molecule has 0 aliphatic carbocycles. The van der Waals surface area contributed by atoms with Gasteiger partial charge in [0.15, 0.2) is 11.0 Å². The Morgan fingerprint density at radius 2 is 2.38 bits per heavy atom. The first-order valence-corrected chi connectivity index (χ1v) is 3.63. The topological polar surface area (TPSA) is 65.2 Å². The van der Waals surface area contributed by atoms with Gasteiger partial charge in [-0.3, -0.25) is 0 Å². The molecule has 1 aromatic rings. The summed E-state index contributed by atoms with van der Waals surface area (Å²) in [6.07, 6.45) is 1.06. The molecule has 1 heterocycles. The van der Waals surface area contributed by atoms with Crippen molar-refractivity contribution in [1.82, 2.24) is 4.98 Å². The first-order chi connectivity index (χ1) is 6.07. The van der Waals surface area contributed by atoms with Gasteiger partial charge in [0.2, 0.25) is 0 Å². The van der Waals surface area contributed by atoms with Gasteiger partial charge in [0.25, 0.3) is 0 Å². The third-order valence-electron chi connectivity index (χ3n) is 1.42. The molecule has 0 atom stereocenters. The molecular formula is C7H6ClFN2O2. The van der Waals surface area contributed by atoms with Crippen LogP contribution in [-0.2, 0) is 4.74 Å². The lowest BCUT2D eigenvalue weighted by Crippen LogP contribution is -2.08. The summed E-state index contributed by atoms with van der Waals surface area (Å²) in [6.45, 7) is 0. The normalized spacial score (nSPS) is 9.77. The van der Waals surface area contributed by atoms with Crippen LogP contribution in [0.5, 0.6) is 0 Å². The smallest absolute Gasteiger partial charge is 0.341 e. The van der Waals surface area contributed by atoms with Gasteiger partial charge in [-0.15, -0.1) is 0 Å². The monoisotopic (exact) mass is 204 g/mol. The number of hydrogen-bond donors (Lipinski definition) is 1. The zero-order valence-corrected chi connectivity index (χ0v) is 7.43. The van der Waals surface area contributed by atoms with Crippen LogP contribution < -0.4 is 5.73 Å². The van der Waals surface area contributed by atoms with E-state index in [9.17, 15) is 9.18 Å². The molecule has 1 rings (SSSR count). The van der Waals surface area contributed by atoms with Crippen molar-refractivity contribution in [2.75, 3.05) is 12.8 Å². The highest BCUT2D eigenvalue weighted by atomic mass is 35.5. The first kappa shape index (κ1) is 9.73. The number of rotatable bonds is 1. The molecule has 0 saturated carbocycles. The molecule has 0 bridgehead atoms. The second-order valence-electron chi connectivity index (χ2n) is 2.18. The Balaban J connectivity index is 3.26. The predicted molar refractivity (Wildman–Crippen MR) is 45.0 cm³/mol. The number of nitrogens with two attached hydrogens (primary N) is 1. The number of hydrogen-bond acceptors (Lipinski definition) is 4. The second kappa shape index (κ2) is 3.57. The van der Waals surface area contributed by atoms with E-state index < -0.39 is 11.8 Å². The molecule has 1 aromatic heterocycles. The van der Waals surface area contributed by atoms with Crippen molar-refractivity contribution in [1.29, 1.82) is 0 Å². The molecule has 13 heavy (non-hydrogen) atoms. The molecule has 0 unspecified atom stereocenters. The van der Waals surface area contributed by atoms with Crippen molar-refractivity contribution in [3.05, 3.63) is 22.7 Å². The van der Waals surface area contributed by atoms with E-state index in [4.69, 9.17) is 17.3 Å². The summed E-state index contributed by atoms with van der Waals surface area (Å²) in [6, 6.07) is 0. The number of carbonyl (C=O) groups excluding carboxylic acids is 1. The molecule has 0 aliphatic heterocycles. The lowest BCUT2D eigenvalue weighted by Gasteiger charge is -2.03. The fourth-order valence-corrected chi connectivity index (χ4v) is 0.900. The molecule has 4 nitrogen and oxygen atoms in total. The maximum absolute atomic E-state index is 13.0. The van der Waals surface area contributed by atoms with Gasteiger partial charge in [-0.2, -0.15) is 0 Å². The van der Waals surface area contributed by atoms with E-state index in [1.165, 1.54) is 0 Å². The number of carbonyl (C=O) groups is 1. The van der Waals surface area contributed by atoms with E-state index in [2.05, 4.69) is 9.72 Å². The van der Waals surface area contributed by atoms with Crippen LogP contribution in [0.15, 0.2) is 6.20 Å². The van der Waals surface area contributed by atoms with Crippen LogP contribution in [0.25, 0.3) is 0 Å². The van der Waals surface area contributed by atoms with Crippen LogP contribution in [-0.4, -0.2) is 18.1 Å². The van der Waals surface area contributed by atoms with Crippen LogP contribution in [0.3, 0.4) is 0 Å². The zero-order chi connectivity index (χ0) is 10.0. The number of esters is 1. The Bertz CT molecular complexity index is 357. The standard InChI is InChI=1S/C7H6ClFN2O2/c1-13-7(12)3-2-11-6(8)4(9)5(3)10/h2H,1H3,(H2,10,11). The van der Waals surface area contributed by atoms with Crippen LogP contribution in [0.2, 0.25) is 5.15 Å². The summed E-state index contributed by atoms with van der Waals surface area (Å²) in [5.41, 5.74) is 4.77. The van der Waals surface area contributed by atoms with Crippen molar-refractivity contribution in [3.63, 3.8) is 0 Å². The van der Waals surface area contributed by atoms with E-state index in [0.29, 0.717) is 0 Å². The molecule has 70 valence electrons. The number of ether oxygens (including phenoxy) is 1. The molecule has 0 radical (unpaired) electrons. The number of aromatic nitrogens is 1. The van der Waals surface area contributed by atoms with E-state index in [1.54, 1.807) is 0 Å². The van der Waals surface area contributed by atoms with Gasteiger partial charge >= 0.3 is 5.97 Å². The van der Waals surface area contributed by atoms with Crippen LogP contribution in [0.1, 0.15) is 10.4 Å². The fraction of sp³-hybridized carbons (Fsp3) is 0.143. The fourth-order valence-electron chi connectivity index (χ4n) is 0.749. The van der Waals surface area contributed by atoms with Gasteiger partial charge in [-0.05, 0) is 0 Å². The summed E-state index contributed by atoms with van der Waals surface area (Å²) in [5, 5.41) is -0.370. The highest BCUT2D eigenvalue weighted by Gasteiger charge is 2.16. The van der Waals surface area contributed by atoms with E-state index in [0.717, 1.165) is 13.3 Å². The number of methoxy groups -OCH3 is 1. The van der Waals surface area contributed by atoms with E-state index >= 15 is 0 Å². The van der Waals surface area contributed by atoms with Crippen molar-refractivity contribution in [2.45, 2.75) is 0 Å². The number of anilines is 1. The Morgan fingerprint density at radius 3 is 2.92 bits per heavy atom. The van der Waals surface area contributed by atoms with Crippen LogP contribution >= 0.6 is 11.6 Å². The SMILES string of the molecule is COC(=O)c1cnc(Cl)c(F)c1N. The third kappa shape index (κ3) is 1.70. The summed E-state index contributed by atoms with van der Waals surface area (Å²) >= 11 is 5.32. The van der Waals surface area contributed by atoms with E-state index in [-0.39, 0.29) is 16.4 Å². The van der Waals surface area contributed by atoms with Crippen LogP contribution in [0, 0.1) is 5.82 Å². The molecular weight excluding hydrogens is 199 g/mol. The minimum atomic E-state index is -0.912. The second-order valence-corrected chi connectivity index (χ2v) is 2.54. The lowest BCUT2D eigenvalue weighted by molar-refractivity contribution is 0.0601. The summed E-state index contributed by atoms with van der Waals surface area (Å²) < 4.78 is 17.3. The number of pyridine rings is 1. The lowest BCUT2D eigenvalue weighted by atomic mass is 10.2. The quantitative estimate of drug-likeness (QED) is 0.552. The highest BCUT2D eigenvalue weighted by Crippen LogP contribution is 2.21. The molecule has 0 aliphatic rings. The molecule has 0 saturated heterocycles. The zero-order valence-electron chi connectivity index (χ0n) is 6.67. The molecule has 0 fully saturated rings. The summed E-state index contributed by atoms with van der Waals surface area (Å²) in [4.78, 5) is 14.4. The molecule has 0 spiro atoms. The van der Waals surface area contributed by atoms with Gasteiger partial charge in [0, 0.05) is 6.20 Å². The van der Waals surface area contributed by atoms with Gasteiger partial charge in [-0.25, -0.2) is 14.2 Å². The number of nitrogens with zero attached hydrogens (tertiary/aromatic N) is 1. The van der Waals surface area contributed by atoms with Gasteiger partial charge in [0.05, 0.1) is 12.8 Å². The molecule has 2 N–H and O–H groups in total. The van der Waals surface area contributed by atoms with Gasteiger partial charge in [-0.1, -0.05) is 11.6 Å².